The third-order valence-electron chi connectivity index (χ3n) is 3.22. The number of carbonyl (C=O) groups excluding carboxylic acids is 1. The summed E-state index contributed by atoms with van der Waals surface area (Å²) in [6.07, 6.45) is 1.47. The molecule has 0 aromatic carbocycles. The molecule has 1 aromatic heterocycles. The largest absolute Gasteiger partial charge is 0.337 e. The van der Waals surface area contributed by atoms with Crippen molar-refractivity contribution in [1.29, 1.82) is 5.26 Å². The molecular formula is C12H17N5O2. The number of hydrogen-bond acceptors (Lipinski definition) is 5. The van der Waals surface area contributed by atoms with Crippen molar-refractivity contribution in [3.63, 3.8) is 0 Å². The molecule has 0 saturated carbocycles. The molecule has 0 bridgehead atoms. The van der Waals surface area contributed by atoms with Crippen molar-refractivity contribution >= 4 is 6.03 Å². The van der Waals surface area contributed by atoms with Gasteiger partial charge in [0.05, 0.1) is 6.07 Å². The Bertz CT molecular complexity index is 485. The molecule has 102 valence electrons. The van der Waals surface area contributed by atoms with Gasteiger partial charge >= 0.3 is 6.03 Å². The number of hydrogen-bond donors (Lipinski definition) is 1. The number of aryl methyl sites for hydroxylation is 1. The first kappa shape index (κ1) is 13.3. The number of nitrogens with one attached hydrogen (secondary N) is 1. The normalized spacial score (nSPS) is 17.8. The fourth-order valence-corrected chi connectivity index (χ4v) is 2.04. The van der Waals surface area contributed by atoms with E-state index in [1.807, 2.05) is 0 Å². The van der Waals surface area contributed by atoms with Crippen LogP contribution < -0.4 is 5.32 Å². The fourth-order valence-electron chi connectivity index (χ4n) is 2.04. The molecule has 2 heterocycles. The maximum Gasteiger partial charge on any atom is 0.318 e. The van der Waals surface area contributed by atoms with Crippen LogP contribution in [0.15, 0.2) is 4.52 Å². The second-order valence-corrected chi connectivity index (χ2v) is 4.74. The van der Waals surface area contributed by atoms with Gasteiger partial charge in [0.25, 0.3) is 0 Å². The summed E-state index contributed by atoms with van der Waals surface area (Å²) >= 11 is 0. The van der Waals surface area contributed by atoms with Gasteiger partial charge in [-0.2, -0.15) is 10.2 Å². The number of aromatic nitrogens is 2. The average Bonchev–Trinajstić information content (AvgIpc) is 2.85. The van der Waals surface area contributed by atoms with E-state index in [0.717, 1.165) is 12.8 Å². The van der Waals surface area contributed by atoms with Gasteiger partial charge in [0.1, 0.15) is 6.04 Å². The smallest absolute Gasteiger partial charge is 0.318 e. The van der Waals surface area contributed by atoms with E-state index in [1.165, 1.54) is 0 Å². The van der Waals surface area contributed by atoms with E-state index >= 15 is 0 Å². The van der Waals surface area contributed by atoms with E-state index in [4.69, 9.17) is 9.78 Å². The minimum atomic E-state index is -0.317. The van der Waals surface area contributed by atoms with Crippen molar-refractivity contribution in [2.45, 2.75) is 32.7 Å². The van der Waals surface area contributed by atoms with Crippen LogP contribution in [0.3, 0.4) is 0 Å². The van der Waals surface area contributed by atoms with Crippen LogP contribution in [0.1, 0.15) is 37.5 Å². The Morgan fingerprint density at radius 3 is 2.79 bits per heavy atom. The van der Waals surface area contributed by atoms with Gasteiger partial charge in [-0.3, -0.25) is 0 Å². The number of piperidine rings is 1. The maximum absolute atomic E-state index is 12.0. The number of urea groups is 1. The molecule has 1 atom stereocenters. The van der Waals surface area contributed by atoms with E-state index in [9.17, 15) is 4.79 Å². The molecule has 1 saturated heterocycles. The summed E-state index contributed by atoms with van der Waals surface area (Å²) in [4.78, 5) is 17.8. The first-order valence-electron chi connectivity index (χ1n) is 6.35. The first-order chi connectivity index (χ1) is 9.10. The van der Waals surface area contributed by atoms with E-state index in [2.05, 4.69) is 21.5 Å². The minimum absolute atomic E-state index is 0.0695. The zero-order valence-corrected chi connectivity index (χ0v) is 11.1. The lowest BCUT2D eigenvalue weighted by Gasteiger charge is -2.29. The van der Waals surface area contributed by atoms with Gasteiger partial charge in [-0.25, -0.2) is 4.79 Å². The zero-order valence-electron chi connectivity index (χ0n) is 11.1. The Labute approximate surface area is 111 Å². The van der Waals surface area contributed by atoms with Crippen LogP contribution >= 0.6 is 0 Å². The standard InChI is InChI=1S/C12H17N5O2/c1-8(11-15-9(2)16-19-11)14-12(18)17-5-3-10(7-13)4-6-17/h8,10H,3-6H2,1-2H3,(H,14,18). The van der Waals surface area contributed by atoms with Gasteiger partial charge in [-0.05, 0) is 26.7 Å². The van der Waals surface area contributed by atoms with Gasteiger partial charge in [-0.1, -0.05) is 5.16 Å². The molecule has 7 nitrogen and oxygen atoms in total. The SMILES string of the molecule is Cc1noc(C(C)NC(=O)N2CCC(C#N)CC2)n1. The second kappa shape index (κ2) is 5.69. The molecule has 1 aliphatic rings. The lowest BCUT2D eigenvalue weighted by molar-refractivity contribution is 0.173. The predicted molar refractivity (Wildman–Crippen MR) is 65.9 cm³/mol. The van der Waals surface area contributed by atoms with Crippen molar-refractivity contribution in [2.75, 3.05) is 13.1 Å². The van der Waals surface area contributed by atoms with Gasteiger partial charge in [0, 0.05) is 19.0 Å². The molecule has 1 aliphatic heterocycles. The van der Waals surface area contributed by atoms with Crippen LogP contribution in [-0.2, 0) is 0 Å². The summed E-state index contributed by atoms with van der Waals surface area (Å²) in [5, 5.41) is 15.3. The summed E-state index contributed by atoms with van der Waals surface area (Å²) in [7, 11) is 0. The fraction of sp³-hybridized carbons (Fsp3) is 0.667. The first-order valence-corrected chi connectivity index (χ1v) is 6.35. The quantitative estimate of drug-likeness (QED) is 0.869. The van der Waals surface area contributed by atoms with Crippen LogP contribution in [-0.4, -0.2) is 34.2 Å². The number of nitrogens with zero attached hydrogens (tertiary/aromatic N) is 4. The molecule has 0 spiro atoms. The second-order valence-electron chi connectivity index (χ2n) is 4.74. The summed E-state index contributed by atoms with van der Waals surface area (Å²) in [6.45, 7) is 4.75. The van der Waals surface area contributed by atoms with Gasteiger partial charge in [0.15, 0.2) is 5.82 Å². The highest BCUT2D eigenvalue weighted by Gasteiger charge is 2.24. The molecule has 0 radical (unpaired) electrons. The van der Waals surface area contributed by atoms with E-state index in [0.29, 0.717) is 24.8 Å². The monoisotopic (exact) mass is 263 g/mol. The molecular weight excluding hydrogens is 246 g/mol. The Hall–Kier alpha value is -2.10. The Kier molecular flexibility index (Phi) is 4.00. The van der Waals surface area contributed by atoms with Crippen LogP contribution in [0.5, 0.6) is 0 Å². The van der Waals surface area contributed by atoms with Crippen LogP contribution in [0.25, 0.3) is 0 Å². The van der Waals surface area contributed by atoms with Crippen LogP contribution in [0.2, 0.25) is 0 Å². The van der Waals surface area contributed by atoms with Crippen LogP contribution in [0, 0.1) is 24.2 Å². The third-order valence-corrected chi connectivity index (χ3v) is 3.22. The maximum atomic E-state index is 12.0. The van der Waals surface area contributed by atoms with Crippen molar-refractivity contribution in [2.24, 2.45) is 5.92 Å². The lowest BCUT2D eigenvalue weighted by Crippen LogP contribution is -2.45. The molecule has 2 rings (SSSR count). The van der Waals surface area contributed by atoms with E-state index < -0.39 is 0 Å². The number of amides is 2. The van der Waals surface area contributed by atoms with Crippen LogP contribution in [0.4, 0.5) is 4.79 Å². The summed E-state index contributed by atoms with van der Waals surface area (Å²) in [5.74, 6) is 1.02. The molecule has 7 heteroatoms. The predicted octanol–water partition coefficient (Wildman–Crippen LogP) is 1.38. The highest BCUT2D eigenvalue weighted by atomic mass is 16.5. The average molecular weight is 263 g/mol. The molecule has 2 amide bonds. The molecule has 1 N–H and O–H groups in total. The summed E-state index contributed by atoms with van der Waals surface area (Å²) in [5.41, 5.74) is 0. The molecule has 1 unspecified atom stereocenters. The zero-order chi connectivity index (χ0) is 13.8. The molecule has 0 aliphatic carbocycles. The summed E-state index contributed by atoms with van der Waals surface area (Å²) < 4.78 is 5.01. The van der Waals surface area contributed by atoms with E-state index in [-0.39, 0.29) is 18.0 Å². The number of rotatable bonds is 2. The van der Waals surface area contributed by atoms with Gasteiger partial charge < -0.3 is 14.7 Å². The topological polar surface area (TPSA) is 95.0 Å². The molecule has 1 aromatic rings. The number of carbonyl (C=O) groups is 1. The number of nitriles is 1. The Morgan fingerprint density at radius 1 is 1.58 bits per heavy atom. The van der Waals surface area contributed by atoms with Crippen molar-refractivity contribution < 1.29 is 9.32 Å². The number of likely N-dealkylation sites (tertiary alicyclic amines) is 1. The Morgan fingerprint density at radius 2 is 2.26 bits per heavy atom. The third kappa shape index (κ3) is 3.22. The highest BCUT2D eigenvalue weighted by molar-refractivity contribution is 5.74. The van der Waals surface area contributed by atoms with Crippen molar-refractivity contribution in [3.8, 4) is 6.07 Å². The summed E-state index contributed by atoms with van der Waals surface area (Å²) in [6, 6.07) is 1.77. The van der Waals surface area contributed by atoms with E-state index in [1.54, 1.807) is 18.7 Å². The Balaban J connectivity index is 1.86. The highest BCUT2D eigenvalue weighted by Crippen LogP contribution is 2.17. The minimum Gasteiger partial charge on any atom is -0.337 e. The lowest BCUT2D eigenvalue weighted by atomic mass is 9.99. The molecule has 19 heavy (non-hydrogen) atoms. The van der Waals surface area contributed by atoms with Gasteiger partial charge in [0.2, 0.25) is 5.89 Å². The van der Waals surface area contributed by atoms with Crippen molar-refractivity contribution in [1.82, 2.24) is 20.4 Å². The van der Waals surface area contributed by atoms with Crippen molar-refractivity contribution in [3.05, 3.63) is 11.7 Å². The molecule has 1 fully saturated rings. The van der Waals surface area contributed by atoms with Gasteiger partial charge in [-0.15, -0.1) is 0 Å².